The number of methoxy groups -OCH3 is 1. The number of aryl methyl sites for hydroxylation is 1. The standard InChI is InChI=1S/C13H20N4O4/c1-5-17(7-8(2)11(18)19)13(20)16-12-14-9(3)6-10(15-12)21-4/h6,8H,5,7H2,1-4H3,(H,18,19)(H,14,15,16,20). The van der Waals surface area contributed by atoms with Crippen molar-refractivity contribution in [2.24, 2.45) is 5.92 Å². The molecule has 2 N–H and O–H groups in total. The number of hydrogen-bond acceptors (Lipinski definition) is 5. The predicted octanol–water partition coefficient (Wildman–Crippen LogP) is 1.37. The second kappa shape index (κ2) is 7.41. The molecule has 1 aromatic rings. The highest BCUT2D eigenvalue weighted by atomic mass is 16.5. The van der Waals surface area contributed by atoms with E-state index in [1.807, 2.05) is 0 Å². The number of carboxylic acid groups (broad SMARTS) is 1. The summed E-state index contributed by atoms with van der Waals surface area (Å²) in [5.74, 6) is -1.13. The van der Waals surface area contributed by atoms with Crippen LogP contribution >= 0.6 is 0 Å². The zero-order valence-electron chi connectivity index (χ0n) is 12.6. The van der Waals surface area contributed by atoms with Crippen molar-refractivity contribution in [2.75, 3.05) is 25.5 Å². The van der Waals surface area contributed by atoms with E-state index in [4.69, 9.17) is 9.84 Å². The van der Waals surface area contributed by atoms with Gasteiger partial charge in [0.15, 0.2) is 0 Å². The fraction of sp³-hybridized carbons (Fsp3) is 0.538. The smallest absolute Gasteiger partial charge is 0.324 e. The van der Waals surface area contributed by atoms with Crippen molar-refractivity contribution in [3.63, 3.8) is 0 Å². The van der Waals surface area contributed by atoms with Crippen molar-refractivity contribution in [2.45, 2.75) is 20.8 Å². The lowest BCUT2D eigenvalue weighted by Crippen LogP contribution is -2.39. The van der Waals surface area contributed by atoms with E-state index in [9.17, 15) is 9.59 Å². The molecule has 0 aromatic carbocycles. The quantitative estimate of drug-likeness (QED) is 0.821. The number of anilines is 1. The molecule has 0 aliphatic rings. The van der Waals surface area contributed by atoms with Crippen LogP contribution in [0.25, 0.3) is 0 Å². The number of carbonyl (C=O) groups is 2. The molecular formula is C13H20N4O4. The molecule has 1 heterocycles. The van der Waals surface area contributed by atoms with E-state index >= 15 is 0 Å². The number of carboxylic acids is 1. The van der Waals surface area contributed by atoms with E-state index in [-0.39, 0.29) is 12.5 Å². The lowest BCUT2D eigenvalue weighted by Gasteiger charge is -2.22. The van der Waals surface area contributed by atoms with Gasteiger partial charge in [0.2, 0.25) is 11.8 Å². The van der Waals surface area contributed by atoms with Crippen LogP contribution in [0, 0.1) is 12.8 Å². The normalized spacial score (nSPS) is 11.6. The van der Waals surface area contributed by atoms with Crippen LogP contribution in [-0.2, 0) is 4.79 Å². The molecule has 21 heavy (non-hydrogen) atoms. The van der Waals surface area contributed by atoms with Crippen LogP contribution < -0.4 is 10.1 Å². The van der Waals surface area contributed by atoms with E-state index in [0.717, 1.165) is 0 Å². The van der Waals surface area contributed by atoms with E-state index in [2.05, 4.69) is 15.3 Å². The number of nitrogens with zero attached hydrogens (tertiary/aromatic N) is 3. The van der Waals surface area contributed by atoms with Crippen LogP contribution in [0.2, 0.25) is 0 Å². The molecule has 116 valence electrons. The summed E-state index contributed by atoms with van der Waals surface area (Å²) in [5, 5.41) is 11.4. The van der Waals surface area contributed by atoms with Crippen LogP contribution in [0.1, 0.15) is 19.5 Å². The van der Waals surface area contributed by atoms with E-state index in [1.54, 1.807) is 26.8 Å². The number of rotatable bonds is 6. The van der Waals surface area contributed by atoms with Gasteiger partial charge in [-0.2, -0.15) is 4.98 Å². The third kappa shape index (κ3) is 4.90. The highest BCUT2D eigenvalue weighted by Gasteiger charge is 2.20. The fourth-order valence-corrected chi connectivity index (χ4v) is 1.64. The molecule has 8 nitrogen and oxygen atoms in total. The van der Waals surface area contributed by atoms with Crippen molar-refractivity contribution in [3.8, 4) is 5.88 Å². The first-order valence-electron chi connectivity index (χ1n) is 6.55. The van der Waals surface area contributed by atoms with Gasteiger partial charge in [-0.1, -0.05) is 6.92 Å². The minimum Gasteiger partial charge on any atom is -0.481 e. The zero-order chi connectivity index (χ0) is 16.0. The summed E-state index contributed by atoms with van der Waals surface area (Å²) in [6, 6.07) is 1.19. The summed E-state index contributed by atoms with van der Waals surface area (Å²) in [7, 11) is 1.47. The molecule has 0 aliphatic carbocycles. The van der Waals surface area contributed by atoms with E-state index in [1.165, 1.54) is 12.0 Å². The number of amides is 2. The summed E-state index contributed by atoms with van der Waals surface area (Å²) < 4.78 is 5.01. The Balaban J connectivity index is 2.78. The fourth-order valence-electron chi connectivity index (χ4n) is 1.64. The van der Waals surface area contributed by atoms with Crippen LogP contribution in [0.3, 0.4) is 0 Å². The summed E-state index contributed by atoms with van der Waals surface area (Å²) in [6.45, 7) is 5.56. The molecule has 1 atom stereocenters. The SMILES string of the molecule is CCN(CC(C)C(=O)O)C(=O)Nc1nc(C)cc(OC)n1. The van der Waals surface area contributed by atoms with Crippen molar-refractivity contribution in [1.29, 1.82) is 0 Å². The van der Waals surface area contributed by atoms with Crippen LogP contribution in [0.5, 0.6) is 5.88 Å². The third-order valence-corrected chi connectivity index (χ3v) is 2.84. The lowest BCUT2D eigenvalue weighted by molar-refractivity contribution is -0.141. The minimum atomic E-state index is -0.949. The number of urea groups is 1. The van der Waals surface area contributed by atoms with Crippen LogP contribution in [0.15, 0.2) is 6.07 Å². The number of aliphatic carboxylic acids is 1. The van der Waals surface area contributed by atoms with E-state index < -0.39 is 17.9 Å². The minimum absolute atomic E-state index is 0.112. The Morgan fingerprint density at radius 3 is 2.67 bits per heavy atom. The average molecular weight is 296 g/mol. The van der Waals surface area contributed by atoms with Crippen molar-refractivity contribution >= 4 is 17.9 Å². The summed E-state index contributed by atoms with van der Waals surface area (Å²) >= 11 is 0. The zero-order valence-corrected chi connectivity index (χ0v) is 12.6. The maximum Gasteiger partial charge on any atom is 0.324 e. The number of ether oxygens (including phenoxy) is 1. The van der Waals surface area contributed by atoms with Crippen molar-refractivity contribution in [3.05, 3.63) is 11.8 Å². The Hall–Kier alpha value is -2.38. The maximum atomic E-state index is 12.1. The molecule has 0 bridgehead atoms. The van der Waals surface area contributed by atoms with Gasteiger partial charge in [-0.15, -0.1) is 0 Å². The first-order chi connectivity index (χ1) is 9.87. The highest BCUT2D eigenvalue weighted by Crippen LogP contribution is 2.12. The largest absolute Gasteiger partial charge is 0.481 e. The molecule has 1 unspecified atom stereocenters. The molecule has 0 spiro atoms. The molecular weight excluding hydrogens is 276 g/mol. The van der Waals surface area contributed by atoms with Gasteiger partial charge in [0, 0.05) is 24.8 Å². The molecule has 8 heteroatoms. The highest BCUT2D eigenvalue weighted by molar-refractivity contribution is 5.87. The number of hydrogen-bond donors (Lipinski definition) is 2. The molecule has 1 aromatic heterocycles. The average Bonchev–Trinajstić information content (AvgIpc) is 2.43. The Morgan fingerprint density at radius 2 is 2.14 bits per heavy atom. The topological polar surface area (TPSA) is 105 Å². The van der Waals surface area contributed by atoms with Gasteiger partial charge in [0.25, 0.3) is 0 Å². The predicted molar refractivity (Wildman–Crippen MR) is 76.4 cm³/mol. The number of carbonyl (C=O) groups excluding carboxylic acids is 1. The number of aromatic nitrogens is 2. The van der Waals surface area contributed by atoms with Crippen LogP contribution in [-0.4, -0.2) is 52.2 Å². The number of nitrogens with one attached hydrogen (secondary N) is 1. The summed E-state index contributed by atoms with van der Waals surface area (Å²) in [4.78, 5) is 32.5. The molecule has 1 rings (SSSR count). The molecule has 2 amide bonds. The van der Waals surface area contributed by atoms with Gasteiger partial charge in [-0.3, -0.25) is 10.1 Å². The molecule has 0 aliphatic heterocycles. The third-order valence-electron chi connectivity index (χ3n) is 2.84. The summed E-state index contributed by atoms with van der Waals surface area (Å²) in [6.07, 6.45) is 0. The van der Waals surface area contributed by atoms with Gasteiger partial charge in [0.1, 0.15) is 0 Å². The maximum absolute atomic E-state index is 12.1. The van der Waals surface area contributed by atoms with Gasteiger partial charge >= 0.3 is 12.0 Å². The Morgan fingerprint density at radius 1 is 1.48 bits per heavy atom. The monoisotopic (exact) mass is 296 g/mol. The molecule has 0 saturated carbocycles. The second-order valence-electron chi connectivity index (χ2n) is 4.58. The van der Waals surface area contributed by atoms with Gasteiger partial charge in [-0.25, -0.2) is 9.78 Å². The molecule has 0 radical (unpaired) electrons. The second-order valence-corrected chi connectivity index (χ2v) is 4.58. The molecule has 0 fully saturated rings. The molecule has 0 saturated heterocycles. The van der Waals surface area contributed by atoms with Gasteiger partial charge in [-0.05, 0) is 13.8 Å². The van der Waals surface area contributed by atoms with Gasteiger partial charge < -0.3 is 14.7 Å². The van der Waals surface area contributed by atoms with E-state index in [0.29, 0.717) is 18.1 Å². The van der Waals surface area contributed by atoms with Crippen molar-refractivity contribution in [1.82, 2.24) is 14.9 Å². The first kappa shape index (κ1) is 16.7. The Kier molecular flexibility index (Phi) is 5.89. The lowest BCUT2D eigenvalue weighted by atomic mass is 10.2. The van der Waals surface area contributed by atoms with Crippen LogP contribution in [0.4, 0.5) is 10.7 Å². The van der Waals surface area contributed by atoms with Gasteiger partial charge in [0.05, 0.1) is 13.0 Å². The Bertz CT molecular complexity index is 521. The summed E-state index contributed by atoms with van der Waals surface area (Å²) in [5.41, 5.74) is 0.652. The van der Waals surface area contributed by atoms with Crippen molar-refractivity contribution < 1.29 is 19.4 Å². The first-order valence-corrected chi connectivity index (χ1v) is 6.55. The Labute approximate surface area is 123 Å².